The Labute approximate surface area is 182 Å². The van der Waals surface area contributed by atoms with Crippen molar-refractivity contribution in [3.05, 3.63) is 23.8 Å². The van der Waals surface area contributed by atoms with Gasteiger partial charge in [-0.2, -0.15) is 0 Å². The lowest BCUT2D eigenvalue weighted by molar-refractivity contribution is -0.138. The Morgan fingerprint density at radius 1 is 1.30 bits per heavy atom. The quantitative estimate of drug-likeness (QED) is 0.362. The van der Waals surface area contributed by atoms with Crippen LogP contribution in [0.3, 0.4) is 0 Å². The first-order valence-electron chi connectivity index (χ1n) is 11.5. The molecule has 0 unspecified atom stereocenters. The van der Waals surface area contributed by atoms with Crippen LogP contribution in [0.4, 0.5) is 0 Å². The Kier molecular flexibility index (Phi) is 9.13. The summed E-state index contributed by atoms with van der Waals surface area (Å²) in [5.41, 5.74) is 1.19. The standard InChI is InChI=1S/C25H42O5/c1-16(15-25(5)24(30-25)18(3)23(29-6)19(4)26)9-7-10-17(2)21-12-8-11-20(13-21)14-22(27)28/h7,9-10,16,18-21,23-24,26H,8,11-15H2,1-6H3,(H,27,28)/b9-7+,17-10+/t16-,18-,19-,20-,21+,23-,24-,25-/m1/s1. The third-order valence-corrected chi connectivity index (χ3v) is 7.10. The number of aliphatic carboxylic acids is 1. The van der Waals surface area contributed by atoms with Gasteiger partial charge in [0.05, 0.1) is 23.9 Å². The first-order chi connectivity index (χ1) is 14.1. The summed E-state index contributed by atoms with van der Waals surface area (Å²) in [6.45, 7) is 10.4. The van der Waals surface area contributed by atoms with Crippen molar-refractivity contribution in [2.75, 3.05) is 7.11 Å². The Morgan fingerprint density at radius 2 is 2.00 bits per heavy atom. The molecule has 0 aromatic carbocycles. The minimum atomic E-state index is -0.676. The number of rotatable bonds is 11. The molecule has 0 spiro atoms. The van der Waals surface area contributed by atoms with E-state index in [1.165, 1.54) is 5.57 Å². The van der Waals surface area contributed by atoms with Gasteiger partial charge < -0.3 is 19.7 Å². The van der Waals surface area contributed by atoms with Crippen LogP contribution >= 0.6 is 0 Å². The minimum absolute atomic E-state index is 0.110. The van der Waals surface area contributed by atoms with Gasteiger partial charge in [-0.05, 0) is 64.2 Å². The largest absolute Gasteiger partial charge is 0.481 e. The van der Waals surface area contributed by atoms with Gasteiger partial charge in [0, 0.05) is 19.4 Å². The van der Waals surface area contributed by atoms with E-state index < -0.39 is 12.1 Å². The first kappa shape index (κ1) is 25.1. The van der Waals surface area contributed by atoms with Crippen LogP contribution in [0.25, 0.3) is 0 Å². The smallest absolute Gasteiger partial charge is 0.303 e. The van der Waals surface area contributed by atoms with E-state index in [-0.39, 0.29) is 23.7 Å². The monoisotopic (exact) mass is 422 g/mol. The topological polar surface area (TPSA) is 79.3 Å². The molecule has 0 aromatic rings. The zero-order valence-electron chi connectivity index (χ0n) is 19.6. The van der Waals surface area contributed by atoms with Gasteiger partial charge in [-0.1, -0.05) is 44.1 Å². The number of aliphatic hydroxyl groups is 1. The maximum absolute atomic E-state index is 11.0. The molecule has 1 saturated heterocycles. The molecule has 30 heavy (non-hydrogen) atoms. The maximum atomic E-state index is 11.0. The Balaban J connectivity index is 1.84. The molecular weight excluding hydrogens is 380 g/mol. The molecule has 2 aliphatic rings. The summed E-state index contributed by atoms with van der Waals surface area (Å²) in [5, 5.41) is 19.0. The molecular formula is C25H42O5. The number of epoxide rings is 1. The number of methoxy groups -OCH3 is 1. The van der Waals surface area contributed by atoms with Crippen molar-refractivity contribution in [2.24, 2.45) is 23.7 Å². The van der Waals surface area contributed by atoms with Gasteiger partial charge in [-0.25, -0.2) is 0 Å². The average molecular weight is 423 g/mol. The molecule has 1 aliphatic heterocycles. The summed E-state index contributed by atoms with van der Waals surface area (Å²) in [7, 11) is 1.64. The molecule has 0 radical (unpaired) electrons. The maximum Gasteiger partial charge on any atom is 0.303 e. The van der Waals surface area contributed by atoms with E-state index in [9.17, 15) is 9.90 Å². The molecule has 5 nitrogen and oxygen atoms in total. The van der Waals surface area contributed by atoms with Gasteiger partial charge in [0.25, 0.3) is 0 Å². The third kappa shape index (κ3) is 6.93. The fourth-order valence-electron chi connectivity index (χ4n) is 5.48. The fraction of sp³-hybridized carbons (Fsp3) is 0.800. The third-order valence-electron chi connectivity index (χ3n) is 7.10. The fourth-order valence-corrected chi connectivity index (χ4v) is 5.48. The van der Waals surface area contributed by atoms with E-state index >= 15 is 0 Å². The van der Waals surface area contributed by atoms with Gasteiger partial charge in [-0.3, -0.25) is 4.79 Å². The van der Waals surface area contributed by atoms with Crippen molar-refractivity contribution in [1.29, 1.82) is 0 Å². The number of ether oxygens (including phenoxy) is 2. The molecule has 1 aliphatic carbocycles. The van der Waals surface area contributed by atoms with Crippen LogP contribution in [0.15, 0.2) is 23.8 Å². The van der Waals surface area contributed by atoms with Crippen molar-refractivity contribution in [3.63, 3.8) is 0 Å². The van der Waals surface area contributed by atoms with E-state index in [0.29, 0.717) is 24.2 Å². The summed E-state index contributed by atoms with van der Waals surface area (Å²) in [4.78, 5) is 11.0. The number of aliphatic hydroxyl groups excluding tert-OH is 1. The molecule has 172 valence electrons. The molecule has 0 aromatic heterocycles. The van der Waals surface area contributed by atoms with Crippen LogP contribution in [0.2, 0.25) is 0 Å². The van der Waals surface area contributed by atoms with Crippen LogP contribution in [0, 0.1) is 23.7 Å². The van der Waals surface area contributed by atoms with Crippen molar-refractivity contribution in [1.82, 2.24) is 0 Å². The van der Waals surface area contributed by atoms with Gasteiger partial charge >= 0.3 is 5.97 Å². The zero-order chi connectivity index (χ0) is 22.5. The number of carbonyl (C=O) groups is 1. The number of hydrogen-bond acceptors (Lipinski definition) is 4. The highest BCUT2D eigenvalue weighted by Crippen LogP contribution is 2.47. The van der Waals surface area contributed by atoms with Crippen LogP contribution in [-0.2, 0) is 14.3 Å². The van der Waals surface area contributed by atoms with E-state index in [0.717, 1.165) is 32.1 Å². The zero-order valence-corrected chi connectivity index (χ0v) is 19.6. The number of allylic oxidation sites excluding steroid dienone is 4. The van der Waals surface area contributed by atoms with Crippen molar-refractivity contribution >= 4 is 5.97 Å². The summed E-state index contributed by atoms with van der Waals surface area (Å²) < 4.78 is 11.5. The predicted octanol–water partition coefficient (Wildman–Crippen LogP) is 4.99. The van der Waals surface area contributed by atoms with Gasteiger partial charge in [0.2, 0.25) is 0 Å². The molecule has 0 bridgehead atoms. The molecule has 8 atom stereocenters. The molecule has 2 N–H and O–H groups in total. The summed E-state index contributed by atoms with van der Waals surface area (Å²) in [5.74, 6) is 0.669. The molecule has 0 amide bonds. The summed E-state index contributed by atoms with van der Waals surface area (Å²) >= 11 is 0. The van der Waals surface area contributed by atoms with Gasteiger partial charge in [0.1, 0.15) is 0 Å². The molecule has 1 saturated carbocycles. The minimum Gasteiger partial charge on any atom is -0.481 e. The predicted molar refractivity (Wildman–Crippen MR) is 119 cm³/mol. The van der Waals surface area contributed by atoms with Crippen LogP contribution in [0.1, 0.15) is 73.1 Å². The lowest BCUT2D eigenvalue weighted by Crippen LogP contribution is -2.36. The van der Waals surface area contributed by atoms with E-state index in [1.54, 1.807) is 14.0 Å². The second-order valence-corrected chi connectivity index (χ2v) is 9.96. The Bertz CT molecular complexity index is 625. The molecule has 2 rings (SSSR count). The van der Waals surface area contributed by atoms with Crippen LogP contribution in [0.5, 0.6) is 0 Å². The SMILES string of the molecule is CO[C@H]([C@@H](C)[C@H]1O[C@]1(C)C[C@H](C)/C=C/C=C(\C)[C@H]1CCC[C@@H](CC(=O)O)C1)[C@@H](C)O. The van der Waals surface area contributed by atoms with Crippen LogP contribution in [-0.4, -0.2) is 47.2 Å². The summed E-state index contributed by atoms with van der Waals surface area (Å²) in [6.07, 6.45) is 11.5. The highest BCUT2D eigenvalue weighted by molar-refractivity contribution is 5.67. The molecule has 2 fully saturated rings. The Hall–Kier alpha value is -1.17. The summed E-state index contributed by atoms with van der Waals surface area (Å²) in [6, 6.07) is 0. The van der Waals surface area contributed by atoms with Crippen molar-refractivity contribution in [2.45, 2.75) is 97.1 Å². The second kappa shape index (κ2) is 10.9. The Morgan fingerprint density at radius 3 is 2.60 bits per heavy atom. The van der Waals surface area contributed by atoms with E-state index in [4.69, 9.17) is 14.6 Å². The number of hydrogen-bond donors (Lipinski definition) is 2. The lowest BCUT2D eigenvalue weighted by atomic mass is 9.77. The van der Waals surface area contributed by atoms with Crippen LogP contribution < -0.4 is 0 Å². The highest BCUT2D eigenvalue weighted by Gasteiger charge is 2.56. The van der Waals surface area contributed by atoms with Crippen molar-refractivity contribution < 1.29 is 24.5 Å². The normalized spacial score (nSPS) is 33.8. The average Bonchev–Trinajstić information content (AvgIpc) is 3.32. The molecule has 1 heterocycles. The van der Waals surface area contributed by atoms with Gasteiger partial charge in [-0.15, -0.1) is 0 Å². The highest BCUT2D eigenvalue weighted by atomic mass is 16.6. The number of carboxylic acid groups (broad SMARTS) is 1. The van der Waals surface area contributed by atoms with E-state index in [2.05, 4.69) is 45.9 Å². The second-order valence-electron chi connectivity index (χ2n) is 9.96. The lowest BCUT2D eigenvalue weighted by Gasteiger charge is -2.28. The van der Waals surface area contributed by atoms with Crippen molar-refractivity contribution in [3.8, 4) is 0 Å². The molecule has 5 heteroatoms. The number of carboxylic acids is 1. The van der Waals surface area contributed by atoms with Gasteiger partial charge in [0.15, 0.2) is 0 Å². The van der Waals surface area contributed by atoms with E-state index in [1.807, 2.05) is 0 Å². The first-order valence-corrected chi connectivity index (χ1v) is 11.5.